The van der Waals surface area contributed by atoms with Crippen LogP contribution in [0.25, 0.3) is 0 Å². The Labute approximate surface area is 82.6 Å². The normalized spacial score (nSPS) is 32.1. The fraction of sp³-hybridized carbons (Fsp3) is 0.889. The SMILES string of the molecule is CC(C)[C@@H]1CC(C[N+](=O)[O-])OC1C=O. The van der Waals surface area contributed by atoms with Gasteiger partial charge in [0.1, 0.15) is 18.5 Å². The van der Waals surface area contributed by atoms with E-state index in [4.69, 9.17) is 4.74 Å². The lowest BCUT2D eigenvalue weighted by molar-refractivity contribution is -0.490. The van der Waals surface area contributed by atoms with E-state index in [1.807, 2.05) is 13.8 Å². The molecule has 0 saturated carbocycles. The first-order chi connectivity index (χ1) is 6.54. The maximum atomic E-state index is 10.7. The average Bonchev–Trinajstić information content (AvgIpc) is 2.46. The Bertz CT molecular complexity index is 229. The molecule has 3 atom stereocenters. The predicted octanol–water partition coefficient (Wildman–Crippen LogP) is 0.892. The van der Waals surface area contributed by atoms with Crippen molar-refractivity contribution in [2.24, 2.45) is 11.8 Å². The molecule has 5 nitrogen and oxygen atoms in total. The molecule has 1 saturated heterocycles. The van der Waals surface area contributed by atoms with E-state index in [0.717, 1.165) is 6.29 Å². The van der Waals surface area contributed by atoms with Crippen molar-refractivity contribution in [3.05, 3.63) is 10.1 Å². The van der Waals surface area contributed by atoms with Crippen LogP contribution in [0.5, 0.6) is 0 Å². The number of carbonyl (C=O) groups excluding carboxylic acids is 1. The van der Waals surface area contributed by atoms with Gasteiger partial charge in [-0.15, -0.1) is 0 Å². The molecule has 0 aromatic heterocycles. The van der Waals surface area contributed by atoms with E-state index in [0.29, 0.717) is 12.3 Å². The average molecular weight is 201 g/mol. The summed E-state index contributed by atoms with van der Waals surface area (Å²) in [7, 11) is 0. The highest BCUT2D eigenvalue weighted by molar-refractivity contribution is 5.57. The zero-order chi connectivity index (χ0) is 10.7. The lowest BCUT2D eigenvalue weighted by Crippen LogP contribution is -2.22. The number of rotatable bonds is 4. The van der Waals surface area contributed by atoms with Gasteiger partial charge >= 0.3 is 0 Å². The van der Waals surface area contributed by atoms with Crippen LogP contribution in [-0.2, 0) is 9.53 Å². The van der Waals surface area contributed by atoms with E-state index in [1.54, 1.807) is 0 Å². The number of nitrogens with zero attached hydrogens (tertiary/aromatic N) is 1. The largest absolute Gasteiger partial charge is 0.360 e. The maximum absolute atomic E-state index is 10.7. The quantitative estimate of drug-likeness (QED) is 0.385. The minimum Gasteiger partial charge on any atom is -0.360 e. The summed E-state index contributed by atoms with van der Waals surface area (Å²) in [5.74, 6) is 0.444. The van der Waals surface area contributed by atoms with E-state index in [-0.39, 0.29) is 12.5 Å². The topological polar surface area (TPSA) is 69.4 Å². The number of ether oxygens (including phenoxy) is 1. The van der Waals surface area contributed by atoms with Gasteiger partial charge in [-0.1, -0.05) is 13.8 Å². The summed E-state index contributed by atoms with van der Waals surface area (Å²) in [6.45, 7) is 3.80. The minimum absolute atomic E-state index is 0.123. The minimum atomic E-state index is -0.458. The smallest absolute Gasteiger partial charge is 0.229 e. The molecule has 1 rings (SSSR count). The molecule has 5 heteroatoms. The molecule has 0 amide bonds. The molecule has 1 aliphatic rings. The van der Waals surface area contributed by atoms with Crippen molar-refractivity contribution in [1.82, 2.24) is 0 Å². The lowest BCUT2D eigenvalue weighted by atomic mass is 9.88. The summed E-state index contributed by atoms with van der Waals surface area (Å²) in [6, 6.07) is 0. The summed E-state index contributed by atoms with van der Waals surface area (Å²) in [4.78, 5) is 20.5. The number of carbonyl (C=O) groups is 1. The number of hydrogen-bond acceptors (Lipinski definition) is 4. The van der Waals surface area contributed by atoms with Crippen molar-refractivity contribution in [2.45, 2.75) is 32.5 Å². The molecule has 0 aromatic carbocycles. The summed E-state index contributed by atoms with van der Waals surface area (Å²) in [5, 5.41) is 10.3. The molecule has 0 spiro atoms. The summed E-state index contributed by atoms with van der Waals surface area (Å²) < 4.78 is 5.29. The van der Waals surface area contributed by atoms with Crippen LogP contribution in [-0.4, -0.2) is 30.0 Å². The summed E-state index contributed by atoms with van der Waals surface area (Å²) >= 11 is 0. The molecule has 14 heavy (non-hydrogen) atoms. The van der Waals surface area contributed by atoms with E-state index >= 15 is 0 Å². The molecule has 0 radical (unpaired) electrons. The van der Waals surface area contributed by atoms with Crippen molar-refractivity contribution in [1.29, 1.82) is 0 Å². The first kappa shape index (κ1) is 11.1. The van der Waals surface area contributed by atoms with E-state index in [2.05, 4.69) is 0 Å². The Morgan fingerprint density at radius 2 is 2.29 bits per heavy atom. The molecule has 0 aliphatic carbocycles. The van der Waals surface area contributed by atoms with E-state index in [9.17, 15) is 14.9 Å². The lowest BCUT2D eigenvalue weighted by Gasteiger charge is -2.15. The second-order valence-electron chi connectivity index (χ2n) is 4.02. The van der Waals surface area contributed by atoms with Crippen LogP contribution in [0.2, 0.25) is 0 Å². The van der Waals surface area contributed by atoms with Crippen molar-refractivity contribution in [3.63, 3.8) is 0 Å². The molecule has 0 N–H and O–H groups in total. The zero-order valence-electron chi connectivity index (χ0n) is 8.38. The summed E-state index contributed by atoms with van der Waals surface area (Å²) in [5.41, 5.74) is 0. The van der Waals surface area contributed by atoms with Crippen LogP contribution >= 0.6 is 0 Å². The van der Waals surface area contributed by atoms with Gasteiger partial charge in [0.05, 0.1) is 0 Å². The fourth-order valence-electron chi connectivity index (χ4n) is 1.88. The van der Waals surface area contributed by atoms with Gasteiger partial charge in [0.25, 0.3) is 0 Å². The molecular formula is C9H15NO4. The number of aldehydes is 1. The Hall–Kier alpha value is -0.970. The number of nitro groups is 1. The van der Waals surface area contributed by atoms with Crippen LogP contribution in [0.4, 0.5) is 0 Å². The first-order valence-corrected chi connectivity index (χ1v) is 4.77. The van der Waals surface area contributed by atoms with Gasteiger partial charge in [-0.25, -0.2) is 0 Å². The van der Waals surface area contributed by atoms with Crippen molar-refractivity contribution in [2.75, 3.05) is 6.54 Å². The highest BCUT2D eigenvalue weighted by Gasteiger charge is 2.38. The van der Waals surface area contributed by atoms with Crippen LogP contribution in [0.3, 0.4) is 0 Å². The van der Waals surface area contributed by atoms with Gasteiger partial charge in [-0.2, -0.15) is 0 Å². The third-order valence-corrected chi connectivity index (χ3v) is 2.65. The Morgan fingerprint density at radius 1 is 1.64 bits per heavy atom. The Balaban J connectivity index is 2.56. The van der Waals surface area contributed by atoms with Crippen molar-refractivity contribution in [3.8, 4) is 0 Å². The highest BCUT2D eigenvalue weighted by Crippen LogP contribution is 2.31. The molecule has 1 heterocycles. The van der Waals surface area contributed by atoms with Gasteiger partial charge in [0.2, 0.25) is 6.54 Å². The molecule has 1 fully saturated rings. The summed E-state index contributed by atoms with van der Waals surface area (Å²) in [6.07, 6.45) is 0.514. The van der Waals surface area contributed by atoms with Gasteiger partial charge in [-0.05, 0) is 18.3 Å². The molecule has 0 bridgehead atoms. The third kappa shape index (κ3) is 2.51. The van der Waals surface area contributed by atoms with Crippen LogP contribution in [0.15, 0.2) is 0 Å². The van der Waals surface area contributed by atoms with Gasteiger partial charge in [0, 0.05) is 4.92 Å². The molecule has 1 aliphatic heterocycles. The van der Waals surface area contributed by atoms with Crippen LogP contribution in [0.1, 0.15) is 20.3 Å². The van der Waals surface area contributed by atoms with Crippen LogP contribution in [0, 0.1) is 22.0 Å². The molecule has 2 unspecified atom stereocenters. The first-order valence-electron chi connectivity index (χ1n) is 4.77. The standard InChI is InChI=1S/C9H15NO4/c1-6(2)8-3-7(4-10(12)13)14-9(8)5-11/h5-9H,3-4H2,1-2H3/t7?,8-,9?/m0/s1. The van der Waals surface area contributed by atoms with Gasteiger partial charge in [-0.3, -0.25) is 10.1 Å². The van der Waals surface area contributed by atoms with Crippen molar-refractivity contribution >= 4 is 6.29 Å². The molecule has 0 aromatic rings. The monoisotopic (exact) mass is 201 g/mol. The van der Waals surface area contributed by atoms with Crippen LogP contribution < -0.4 is 0 Å². The van der Waals surface area contributed by atoms with Gasteiger partial charge < -0.3 is 9.53 Å². The van der Waals surface area contributed by atoms with Crippen molar-refractivity contribution < 1.29 is 14.5 Å². The zero-order valence-corrected chi connectivity index (χ0v) is 8.38. The number of hydrogen-bond donors (Lipinski definition) is 0. The second-order valence-corrected chi connectivity index (χ2v) is 4.02. The molecular weight excluding hydrogens is 186 g/mol. The predicted molar refractivity (Wildman–Crippen MR) is 49.5 cm³/mol. The maximum Gasteiger partial charge on any atom is 0.229 e. The molecule has 80 valence electrons. The van der Waals surface area contributed by atoms with E-state index < -0.39 is 17.1 Å². The van der Waals surface area contributed by atoms with E-state index in [1.165, 1.54) is 0 Å². The second kappa shape index (κ2) is 4.50. The Kier molecular flexibility index (Phi) is 3.57. The Morgan fingerprint density at radius 3 is 2.64 bits per heavy atom. The fourth-order valence-corrected chi connectivity index (χ4v) is 1.88. The van der Waals surface area contributed by atoms with Gasteiger partial charge in [0.15, 0.2) is 0 Å². The third-order valence-electron chi connectivity index (χ3n) is 2.65. The highest BCUT2D eigenvalue weighted by atomic mass is 16.6.